The number of fused-ring (bicyclic) bond motifs is 1. The number of carbonyl (C=O) groups is 1. The molecule has 1 amide bonds. The summed E-state index contributed by atoms with van der Waals surface area (Å²) in [5.41, 5.74) is 3.50. The SMILES string of the molecule is C=N/C(=N\OCC1CC1)c1ccc(C)c(NC(=O)c2cnc3ccccn23)c1. The topological polar surface area (TPSA) is 80.3 Å². The Labute approximate surface area is 162 Å². The van der Waals surface area contributed by atoms with Crippen LogP contribution in [0.2, 0.25) is 0 Å². The molecule has 1 aliphatic rings. The molecule has 0 atom stereocenters. The molecule has 0 unspecified atom stereocenters. The monoisotopic (exact) mass is 375 g/mol. The third-order valence-electron chi connectivity index (χ3n) is 4.70. The van der Waals surface area contributed by atoms with E-state index in [1.165, 1.54) is 12.8 Å². The van der Waals surface area contributed by atoms with Crippen molar-refractivity contribution in [1.82, 2.24) is 9.38 Å². The highest BCUT2D eigenvalue weighted by Crippen LogP contribution is 2.29. The maximum Gasteiger partial charge on any atom is 0.274 e. The molecule has 7 heteroatoms. The number of amidine groups is 1. The first-order chi connectivity index (χ1) is 13.7. The van der Waals surface area contributed by atoms with Crippen molar-refractivity contribution in [2.24, 2.45) is 16.1 Å². The number of nitrogens with one attached hydrogen (secondary N) is 1. The summed E-state index contributed by atoms with van der Waals surface area (Å²) in [6, 6.07) is 11.2. The minimum atomic E-state index is -0.242. The lowest BCUT2D eigenvalue weighted by Crippen LogP contribution is -2.15. The van der Waals surface area contributed by atoms with Crippen molar-refractivity contribution < 1.29 is 9.63 Å². The predicted molar refractivity (Wildman–Crippen MR) is 109 cm³/mol. The summed E-state index contributed by atoms with van der Waals surface area (Å²) in [7, 11) is 0. The Morgan fingerprint density at radius 3 is 3.00 bits per heavy atom. The molecular weight excluding hydrogens is 354 g/mol. The number of carbonyl (C=O) groups excluding carboxylic acids is 1. The Morgan fingerprint density at radius 1 is 1.36 bits per heavy atom. The molecule has 28 heavy (non-hydrogen) atoms. The van der Waals surface area contributed by atoms with Crippen molar-refractivity contribution >= 4 is 29.8 Å². The van der Waals surface area contributed by atoms with Crippen molar-refractivity contribution in [3.8, 4) is 0 Å². The average molecular weight is 375 g/mol. The third-order valence-corrected chi connectivity index (χ3v) is 4.70. The van der Waals surface area contributed by atoms with Crippen molar-refractivity contribution in [3.63, 3.8) is 0 Å². The smallest absolute Gasteiger partial charge is 0.274 e. The van der Waals surface area contributed by atoms with Gasteiger partial charge in [-0.1, -0.05) is 23.4 Å². The molecular formula is C21H21N5O2. The number of hydrogen-bond donors (Lipinski definition) is 1. The Balaban J connectivity index is 1.56. The first-order valence-electron chi connectivity index (χ1n) is 9.17. The molecule has 4 rings (SSSR count). The van der Waals surface area contributed by atoms with Crippen LogP contribution in [0.15, 0.2) is 58.9 Å². The van der Waals surface area contributed by atoms with Crippen LogP contribution >= 0.6 is 0 Å². The lowest BCUT2D eigenvalue weighted by atomic mass is 10.1. The van der Waals surface area contributed by atoms with E-state index >= 15 is 0 Å². The highest BCUT2D eigenvalue weighted by Gasteiger charge is 2.22. The number of amides is 1. The van der Waals surface area contributed by atoms with Gasteiger partial charge in [0.05, 0.1) is 6.20 Å². The summed E-state index contributed by atoms with van der Waals surface area (Å²) in [5.74, 6) is 0.757. The number of aliphatic imine (C=N–C) groups is 1. The minimum Gasteiger partial charge on any atom is -0.394 e. The Bertz CT molecular complexity index is 1070. The number of aromatic nitrogens is 2. The van der Waals surface area contributed by atoms with Crippen LogP contribution in [0.3, 0.4) is 0 Å². The van der Waals surface area contributed by atoms with E-state index in [-0.39, 0.29) is 5.91 Å². The summed E-state index contributed by atoms with van der Waals surface area (Å²) in [5, 5.41) is 7.04. The number of rotatable bonds is 6. The number of nitrogens with zero attached hydrogens (tertiary/aromatic N) is 4. The molecule has 3 aromatic rings. The molecule has 0 saturated heterocycles. The summed E-state index contributed by atoms with van der Waals surface area (Å²) in [6.45, 7) is 6.11. The summed E-state index contributed by atoms with van der Waals surface area (Å²) in [4.78, 5) is 26.4. The van der Waals surface area contributed by atoms with Crippen LogP contribution in [0.4, 0.5) is 5.69 Å². The lowest BCUT2D eigenvalue weighted by molar-refractivity contribution is 0.102. The molecule has 0 bridgehead atoms. The predicted octanol–water partition coefficient (Wildman–Crippen LogP) is 3.68. The highest BCUT2D eigenvalue weighted by atomic mass is 16.6. The van der Waals surface area contributed by atoms with E-state index in [2.05, 4.69) is 27.2 Å². The third kappa shape index (κ3) is 3.78. The summed E-state index contributed by atoms with van der Waals surface area (Å²) < 4.78 is 1.75. The number of pyridine rings is 1. The van der Waals surface area contributed by atoms with Gasteiger partial charge in [0.15, 0.2) is 5.84 Å². The second-order valence-electron chi connectivity index (χ2n) is 6.87. The number of anilines is 1. The zero-order chi connectivity index (χ0) is 19.5. The van der Waals surface area contributed by atoms with Crippen molar-refractivity contribution in [1.29, 1.82) is 0 Å². The molecule has 0 spiro atoms. The molecule has 2 heterocycles. The normalized spacial score (nSPS) is 14.1. The van der Waals surface area contributed by atoms with Gasteiger partial charge >= 0.3 is 0 Å². The van der Waals surface area contributed by atoms with Gasteiger partial charge in [-0.3, -0.25) is 9.20 Å². The molecule has 1 fully saturated rings. The second-order valence-corrected chi connectivity index (χ2v) is 6.87. The molecule has 1 aliphatic carbocycles. The van der Waals surface area contributed by atoms with Crippen molar-refractivity contribution in [2.45, 2.75) is 19.8 Å². The van der Waals surface area contributed by atoms with Gasteiger partial charge in [-0.2, -0.15) is 0 Å². The van der Waals surface area contributed by atoms with Crippen LogP contribution in [-0.2, 0) is 4.84 Å². The van der Waals surface area contributed by atoms with Gasteiger partial charge in [0.1, 0.15) is 17.9 Å². The second kappa shape index (κ2) is 7.64. The number of oxime groups is 1. The molecule has 0 radical (unpaired) electrons. The number of imidazole rings is 1. The van der Waals surface area contributed by atoms with Crippen molar-refractivity contribution in [3.05, 3.63) is 65.6 Å². The molecule has 1 aromatic carbocycles. The summed E-state index contributed by atoms with van der Waals surface area (Å²) in [6.07, 6.45) is 5.75. The molecule has 2 aromatic heterocycles. The first kappa shape index (κ1) is 17.9. The van der Waals surface area contributed by atoms with Gasteiger partial charge in [0.2, 0.25) is 0 Å². The molecule has 1 saturated carbocycles. The van der Waals surface area contributed by atoms with Crippen LogP contribution in [0.25, 0.3) is 5.65 Å². The first-order valence-corrected chi connectivity index (χ1v) is 9.17. The van der Waals surface area contributed by atoms with Gasteiger partial charge in [-0.15, -0.1) is 0 Å². The molecule has 142 valence electrons. The van der Waals surface area contributed by atoms with E-state index < -0.39 is 0 Å². The average Bonchev–Trinajstić information content (AvgIpc) is 3.43. The largest absolute Gasteiger partial charge is 0.394 e. The fourth-order valence-corrected chi connectivity index (χ4v) is 2.84. The standard InChI is InChI=1S/C21H21N5O2/c1-14-6-9-16(20(22-2)25-28-13-15-7-8-15)11-17(14)24-21(27)18-12-23-19-5-3-4-10-26(18)19/h3-6,9-12,15H,2,7-8,13H2,1H3,(H,24,27)/b25-20-. The number of hydrogen-bond acceptors (Lipinski definition) is 4. The fraction of sp³-hybridized carbons (Fsp3) is 0.238. The van der Waals surface area contributed by atoms with E-state index in [0.717, 1.165) is 16.8 Å². The number of benzene rings is 1. The van der Waals surface area contributed by atoms with Crippen LogP contribution in [0, 0.1) is 12.8 Å². The van der Waals surface area contributed by atoms with E-state index in [1.54, 1.807) is 10.6 Å². The maximum absolute atomic E-state index is 12.8. The maximum atomic E-state index is 12.8. The van der Waals surface area contributed by atoms with Gasteiger partial charge < -0.3 is 10.2 Å². The molecule has 0 aliphatic heterocycles. The fourth-order valence-electron chi connectivity index (χ4n) is 2.84. The van der Waals surface area contributed by atoms with E-state index in [9.17, 15) is 4.79 Å². The van der Waals surface area contributed by atoms with Crippen LogP contribution in [0.5, 0.6) is 0 Å². The van der Waals surface area contributed by atoms with E-state index in [1.807, 2.05) is 49.5 Å². The quantitative estimate of drug-likeness (QED) is 0.405. The highest BCUT2D eigenvalue weighted by molar-refractivity contribution is 6.06. The van der Waals surface area contributed by atoms with Gasteiger partial charge in [-0.25, -0.2) is 9.98 Å². The van der Waals surface area contributed by atoms with Crippen LogP contribution in [-0.4, -0.2) is 34.5 Å². The molecule has 7 nitrogen and oxygen atoms in total. The van der Waals surface area contributed by atoms with Gasteiger partial charge in [0.25, 0.3) is 5.91 Å². The molecule has 1 N–H and O–H groups in total. The zero-order valence-electron chi connectivity index (χ0n) is 15.6. The van der Waals surface area contributed by atoms with Crippen LogP contribution in [0.1, 0.15) is 34.5 Å². The zero-order valence-corrected chi connectivity index (χ0v) is 15.6. The Kier molecular flexibility index (Phi) is 4.89. The van der Waals surface area contributed by atoms with Gasteiger partial charge in [-0.05, 0) is 56.2 Å². The minimum absolute atomic E-state index is 0.242. The Hall–Kier alpha value is -3.48. The lowest BCUT2D eigenvalue weighted by Gasteiger charge is -2.10. The van der Waals surface area contributed by atoms with Crippen molar-refractivity contribution in [2.75, 3.05) is 11.9 Å². The van der Waals surface area contributed by atoms with Crippen LogP contribution < -0.4 is 5.32 Å². The Morgan fingerprint density at radius 2 is 2.21 bits per heavy atom. The van der Waals surface area contributed by atoms with E-state index in [0.29, 0.717) is 29.7 Å². The van der Waals surface area contributed by atoms with Gasteiger partial charge in [0, 0.05) is 17.4 Å². The summed E-state index contributed by atoms with van der Waals surface area (Å²) >= 11 is 0. The number of aryl methyl sites for hydroxylation is 1. The van der Waals surface area contributed by atoms with E-state index in [4.69, 9.17) is 4.84 Å².